The first kappa shape index (κ1) is 13.8. The summed E-state index contributed by atoms with van der Waals surface area (Å²) < 4.78 is 0. The molecule has 4 nitrogen and oxygen atoms in total. The number of rotatable bonds is 2. The van der Waals surface area contributed by atoms with E-state index in [0.717, 1.165) is 11.1 Å². The van der Waals surface area contributed by atoms with Crippen LogP contribution in [-0.4, -0.2) is 11.8 Å². The monoisotopic (exact) mass is 264 g/mol. The molecule has 98 valence electrons. The highest BCUT2D eigenvalue weighted by Gasteiger charge is 2.07. The van der Waals surface area contributed by atoms with Crippen molar-refractivity contribution in [1.82, 2.24) is 0 Å². The van der Waals surface area contributed by atoms with E-state index in [1.807, 2.05) is 13.8 Å². The summed E-state index contributed by atoms with van der Waals surface area (Å²) in [5.41, 5.74) is 2.53. The summed E-state index contributed by atoms with van der Waals surface area (Å²) in [6, 6.07) is 15.7. The smallest absolute Gasteiger partial charge is 0.265 e. The number of carbonyl (C=O) groups excluding carboxylic acids is 2. The van der Waals surface area contributed by atoms with E-state index in [1.54, 1.807) is 36.4 Å². The summed E-state index contributed by atoms with van der Waals surface area (Å²) in [5.74, 6) is -1.18. The maximum atomic E-state index is 11.7. The molecule has 0 aliphatic carbocycles. The lowest BCUT2D eigenvalue weighted by Gasteiger charge is -1.96. The Kier molecular flexibility index (Phi) is 4.15. The van der Waals surface area contributed by atoms with Gasteiger partial charge in [0.2, 0.25) is 0 Å². The van der Waals surface area contributed by atoms with E-state index in [0.29, 0.717) is 0 Å². The highest BCUT2D eigenvalue weighted by molar-refractivity contribution is 5.98. The zero-order valence-electron chi connectivity index (χ0n) is 11.2. The van der Waals surface area contributed by atoms with Crippen molar-refractivity contribution in [2.75, 3.05) is 0 Å². The van der Waals surface area contributed by atoms with Gasteiger partial charge in [-0.25, -0.2) is 0 Å². The van der Waals surface area contributed by atoms with Crippen LogP contribution in [-0.2, 0) is 0 Å². The standard InChI is InChI=1S/C16H12N2O2/c1-11-3-7-13(8-4-11)15(19)17-18-16(20)14-9-5-12(2)6-10-14/h3-7,9H,1-2H3. The maximum absolute atomic E-state index is 11.7. The number of benzene rings is 2. The molecular formula is C16H12N2O2. The van der Waals surface area contributed by atoms with E-state index in [9.17, 15) is 9.59 Å². The topological polar surface area (TPSA) is 58.9 Å². The van der Waals surface area contributed by atoms with E-state index < -0.39 is 11.8 Å². The molecule has 0 saturated carbocycles. The largest absolute Gasteiger partial charge is 0.296 e. The molecule has 0 fully saturated rings. The number of hydrogen-bond donors (Lipinski definition) is 0. The van der Waals surface area contributed by atoms with Crippen molar-refractivity contribution in [2.24, 2.45) is 10.2 Å². The van der Waals surface area contributed by atoms with Crippen molar-refractivity contribution in [3.05, 3.63) is 70.8 Å². The predicted octanol–water partition coefficient (Wildman–Crippen LogP) is 3.34. The van der Waals surface area contributed by atoms with Gasteiger partial charge in [0.15, 0.2) is 0 Å². The van der Waals surface area contributed by atoms with Gasteiger partial charge in [-0.15, -0.1) is 10.2 Å². The van der Waals surface area contributed by atoms with Gasteiger partial charge < -0.3 is 0 Å². The molecule has 0 unspecified atom stereocenters. The molecule has 0 atom stereocenters. The molecule has 4 heteroatoms. The predicted molar refractivity (Wildman–Crippen MR) is 73.5 cm³/mol. The van der Waals surface area contributed by atoms with Gasteiger partial charge in [-0.2, -0.15) is 0 Å². The normalized spacial score (nSPS) is 10.7. The fourth-order valence-corrected chi connectivity index (χ4v) is 1.47. The number of nitrogens with zero attached hydrogens (tertiary/aromatic N) is 2. The summed E-state index contributed by atoms with van der Waals surface area (Å²) in [4.78, 5) is 23.4. The molecule has 0 N–H and O–H groups in total. The zero-order valence-corrected chi connectivity index (χ0v) is 11.2. The number of carbonyl (C=O) groups is 2. The molecule has 2 aromatic carbocycles. The Labute approximate surface area is 117 Å². The van der Waals surface area contributed by atoms with E-state index in [2.05, 4.69) is 22.4 Å². The first-order valence-corrected chi connectivity index (χ1v) is 6.03. The Morgan fingerprint density at radius 3 is 1.50 bits per heavy atom. The molecule has 0 aromatic heterocycles. The molecule has 2 rings (SSSR count). The molecule has 0 aliphatic rings. The number of amides is 2. The van der Waals surface area contributed by atoms with Crippen molar-refractivity contribution < 1.29 is 9.59 Å². The van der Waals surface area contributed by atoms with Crippen molar-refractivity contribution in [2.45, 2.75) is 13.8 Å². The van der Waals surface area contributed by atoms with Crippen LogP contribution in [0, 0.1) is 26.0 Å². The van der Waals surface area contributed by atoms with E-state index >= 15 is 0 Å². The second-order valence-corrected chi connectivity index (χ2v) is 4.37. The molecule has 2 aromatic rings. The summed E-state index contributed by atoms with van der Waals surface area (Å²) in [5, 5.41) is 6.82. The number of azo groups is 1. The third-order valence-electron chi connectivity index (χ3n) is 2.63. The van der Waals surface area contributed by atoms with Gasteiger partial charge >= 0.3 is 0 Å². The summed E-state index contributed by atoms with van der Waals surface area (Å²) >= 11 is 0. The quantitative estimate of drug-likeness (QED) is 0.781. The number of hydrogen-bond acceptors (Lipinski definition) is 2. The van der Waals surface area contributed by atoms with Gasteiger partial charge in [-0.05, 0) is 38.1 Å². The van der Waals surface area contributed by atoms with Crippen LogP contribution in [0.15, 0.2) is 46.6 Å². The lowest BCUT2D eigenvalue weighted by molar-refractivity contribution is 0.0946. The fraction of sp³-hybridized carbons (Fsp3) is 0.125. The lowest BCUT2D eigenvalue weighted by Crippen LogP contribution is -1.98. The molecule has 0 saturated heterocycles. The third kappa shape index (κ3) is 3.45. The number of aryl methyl sites for hydroxylation is 2. The van der Waals surface area contributed by atoms with Gasteiger partial charge in [0.1, 0.15) is 0 Å². The van der Waals surface area contributed by atoms with Gasteiger partial charge in [0.25, 0.3) is 11.8 Å². The minimum Gasteiger partial charge on any atom is -0.265 e. The molecule has 2 radical (unpaired) electrons. The van der Waals surface area contributed by atoms with Crippen LogP contribution >= 0.6 is 0 Å². The average Bonchev–Trinajstić information content (AvgIpc) is 2.46. The van der Waals surface area contributed by atoms with Crippen LogP contribution in [0.3, 0.4) is 0 Å². The van der Waals surface area contributed by atoms with Crippen LogP contribution in [0.4, 0.5) is 0 Å². The van der Waals surface area contributed by atoms with Crippen LogP contribution in [0.1, 0.15) is 31.8 Å². The van der Waals surface area contributed by atoms with Crippen molar-refractivity contribution in [3.63, 3.8) is 0 Å². The minimum absolute atomic E-state index is 0.278. The van der Waals surface area contributed by atoms with E-state index in [-0.39, 0.29) is 11.1 Å². The molecule has 0 bridgehead atoms. The molecule has 0 aliphatic heterocycles. The molecule has 0 spiro atoms. The second-order valence-electron chi connectivity index (χ2n) is 4.37. The van der Waals surface area contributed by atoms with Gasteiger partial charge in [-0.1, -0.05) is 35.4 Å². The van der Waals surface area contributed by atoms with Crippen molar-refractivity contribution in [3.8, 4) is 0 Å². The minimum atomic E-state index is -0.592. The molecule has 20 heavy (non-hydrogen) atoms. The Morgan fingerprint density at radius 2 is 1.20 bits per heavy atom. The molecule has 2 amide bonds. The first-order valence-electron chi connectivity index (χ1n) is 6.03. The second kappa shape index (κ2) is 6.02. The Hall–Kier alpha value is -2.62. The van der Waals surface area contributed by atoms with Crippen LogP contribution in [0.25, 0.3) is 0 Å². The molecule has 0 heterocycles. The van der Waals surface area contributed by atoms with Crippen LogP contribution in [0.5, 0.6) is 0 Å². The summed E-state index contributed by atoms with van der Waals surface area (Å²) in [7, 11) is 0. The Morgan fingerprint density at radius 1 is 0.800 bits per heavy atom. The highest BCUT2D eigenvalue weighted by atomic mass is 16.2. The maximum Gasteiger partial charge on any atom is 0.296 e. The van der Waals surface area contributed by atoms with Crippen LogP contribution < -0.4 is 0 Å². The SMILES string of the molecule is Cc1c[c]c(C(=O)N=NC(=O)c2[c]cc(C)cc2)cc1. The van der Waals surface area contributed by atoms with Crippen molar-refractivity contribution >= 4 is 11.8 Å². The van der Waals surface area contributed by atoms with E-state index in [4.69, 9.17) is 0 Å². The first-order chi connectivity index (χ1) is 9.56. The van der Waals surface area contributed by atoms with Crippen LogP contribution in [0.2, 0.25) is 0 Å². The summed E-state index contributed by atoms with van der Waals surface area (Å²) in [6.45, 7) is 3.78. The van der Waals surface area contributed by atoms with Gasteiger partial charge in [0, 0.05) is 0 Å². The highest BCUT2D eigenvalue weighted by Crippen LogP contribution is 2.07. The third-order valence-corrected chi connectivity index (χ3v) is 2.63. The van der Waals surface area contributed by atoms with Gasteiger partial charge in [-0.3, -0.25) is 9.59 Å². The lowest BCUT2D eigenvalue weighted by atomic mass is 10.1. The summed E-state index contributed by atoms with van der Waals surface area (Å²) in [6.07, 6.45) is 0. The van der Waals surface area contributed by atoms with Crippen molar-refractivity contribution in [1.29, 1.82) is 0 Å². The average molecular weight is 264 g/mol. The van der Waals surface area contributed by atoms with Gasteiger partial charge in [0.05, 0.1) is 11.1 Å². The zero-order chi connectivity index (χ0) is 14.5. The Bertz CT molecular complexity index is 596. The molecular weight excluding hydrogens is 252 g/mol. The Balaban J connectivity index is 2.09. The van der Waals surface area contributed by atoms with E-state index in [1.165, 1.54) is 0 Å². The fourth-order valence-electron chi connectivity index (χ4n) is 1.47.